The van der Waals surface area contributed by atoms with Gasteiger partial charge in [-0.3, -0.25) is 9.36 Å². The average molecular weight is 379 g/mol. The summed E-state index contributed by atoms with van der Waals surface area (Å²) in [6.45, 7) is 0. The fraction of sp³-hybridized carbons (Fsp3) is 0.556. The lowest BCUT2D eigenvalue weighted by Crippen LogP contribution is -2.40. The Kier molecular flexibility index (Phi) is 4.61. The lowest BCUT2D eigenvalue weighted by molar-refractivity contribution is -0.182. The van der Waals surface area contributed by atoms with E-state index >= 15 is 0 Å². The van der Waals surface area contributed by atoms with E-state index in [0.717, 1.165) is 30.5 Å². The average Bonchev–Trinajstić information content (AvgIpc) is 3.32. The van der Waals surface area contributed by atoms with Gasteiger partial charge in [0.15, 0.2) is 0 Å². The maximum absolute atomic E-state index is 12.8. The third kappa shape index (κ3) is 3.68. The van der Waals surface area contributed by atoms with Crippen LogP contribution in [-0.4, -0.2) is 37.6 Å². The van der Waals surface area contributed by atoms with Crippen molar-refractivity contribution in [1.82, 2.24) is 24.8 Å². The van der Waals surface area contributed by atoms with Crippen LogP contribution in [0.2, 0.25) is 0 Å². The van der Waals surface area contributed by atoms with E-state index < -0.39 is 12.1 Å². The molecule has 9 heteroatoms. The van der Waals surface area contributed by atoms with Gasteiger partial charge >= 0.3 is 6.18 Å². The number of hydrogen-bond acceptors (Lipinski definition) is 4. The van der Waals surface area contributed by atoms with Crippen molar-refractivity contribution < 1.29 is 18.0 Å². The highest BCUT2D eigenvalue weighted by molar-refractivity contribution is 5.94. The van der Waals surface area contributed by atoms with Crippen LogP contribution >= 0.6 is 0 Å². The van der Waals surface area contributed by atoms with Crippen molar-refractivity contribution in [3.8, 4) is 5.95 Å². The number of fused-ring (bicyclic) bond motifs is 1. The molecule has 2 aromatic rings. The zero-order valence-electron chi connectivity index (χ0n) is 14.7. The Morgan fingerprint density at radius 3 is 2.59 bits per heavy atom. The molecule has 2 heterocycles. The van der Waals surface area contributed by atoms with Crippen molar-refractivity contribution in [2.45, 2.75) is 57.2 Å². The number of imidazole rings is 1. The summed E-state index contributed by atoms with van der Waals surface area (Å²) in [5, 5.41) is 2.89. The molecule has 0 atom stereocenters. The number of aryl methyl sites for hydroxylation is 1. The van der Waals surface area contributed by atoms with Crippen molar-refractivity contribution in [3.63, 3.8) is 0 Å². The summed E-state index contributed by atoms with van der Waals surface area (Å²) in [6, 6.07) is -0.250. The van der Waals surface area contributed by atoms with Gasteiger partial charge in [0.25, 0.3) is 5.91 Å². The molecular formula is C18H20F3N5O. The number of amides is 1. The van der Waals surface area contributed by atoms with Crippen molar-refractivity contribution in [2.75, 3.05) is 0 Å². The summed E-state index contributed by atoms with van der Waals surface area (Å²) in [5.41, 5.74) is 2.04. The molecule has 4 rings (SSSR count). The highest BCUT2D eigenvalue weighted by atomic mass is 19.4. The molecule has 1 N–H and O–H groups in total. The molecule has 2 aliphatic carbocycles. The third-order valence-corrected chi connectivity index (χ3v) is 5.40. The summed E-state index contributed by atoms with van der Waals surface area (Å²) in [4.78, 5) is 25.8. The first-order chi connectivity index (χ1) is 12.9. The van der Waals surface area contributed by atoms with Gasteiger partial charge in [0.05, 0.1) is 5.92 Å². The number of aromatic nitrogens is 4. The zero-order valence-corrected chi connectivity index (χ0v) is 14.7. The lowest BCUT2D eigenvalue weighted by Gasteiger charge is -2.30. The number of nitrogens with one attached hydrogen (secondary N) is 1. The molecule has 0 aliphatic heterocycles. The lowest BCUT2D eigenvalue weighted by atomic mass is 9.85. The SMILES string of the molecule is O=C(N[C@H]1CC[C@H](C(F)(F)F)CC1)c1nc(-n2ccnc2)nc2c1CCC2. The maximum atomic E-state index is 12.8. The summed E-state index contributed by atoms with van der Waals surface area (Å²) >= 11 is 0. The normalized spacial score (nSPS) is 22.5. The Labute approximate surface area is 154 Å². The molecular weight excluding hydrogens is 359 g/mol. The second kappa shape index (κ2) is 6.94. The van der Waals surface area contributed by atoms with Gasteiger partial charge in [-0.25, -0.2) is 15.0 Å². The van der Waals surface area contributed by atoms with E-state index in [1.807, 2.05) is 0 Å². The van der Waals surface area contributed by atoms with Crippen LogP contribution in [0, 0.1) is 5.92 Å². The van der Waals surface area contributed by atoms with Gasteiger partial charge in [-0.15, -0.1) is 0 Å². The van der Waals surface area contributed by atoms with Crippen LogP contribution in [-0.2, 0) is 12.8 Å². The van der Waals surface area contributed by atoms with Crippen LogP contribution in [0.5, 0.6) is 0 Å². The summed E-state index contributed by atoms with van der Waals surface area (Å²) in [5.74, 6) is -1.20. The number of carbonyl (C=O) groups excluding carboxylic acids is 1. The standard InChI is InChI=1S/C18H20F3N5O/c19-18(20,21)11-4-6-12(7-5-11)23-16(27)15-13-2-1-3-14(13)24-17(25-15)26-9-8-22-10-26/h8-12H,1-7H2,(H,23,27)/t11-,12-. The van der Waals surface area contributed by atoms with E-state index in [-0.39, 0.29) is 24.8 Å². The minimum absolute atomic E-state index is 0.0522. The summed E-state index contributed by atoms with van der Waals surface area (Å²) in [6.07, 6.45) is 3.93. The number of hydrogen-bond donors (Lipinski definition) is 1. The zero-order chi connectivity index (χ0) is 19.0. The molecule has 1 fully saturated rings. The molecule has 0 unspecified atom stereocenters. The van der Waals surface area contributed by atoms with Gasteiger partial charge in [0.2, 0.25) is 5.95 Å². The Bertz CT molecular complexity index is 826. The monoisotopic (exact) mass is 379 g/mol. The summed E-state index contributed by atoms with van der Waals surface area (Å²) < 4.78 is 40.1. The maximum Gasteiger partial charge on any atom is 0.391 e. The van der Waals surface area contributed by atoms with E-state index in [1.165, 1.54) is 0 Å². The number of rotatable bonds is 3. The fourth-order valence-electron chi connectivity index (χ4n) is 3.92. The predicted octanol–water partition coefficient (Wildman–Crippen LogP) is 3.00. The molecule has 6 nitrogen and oxygen atoms in total. The Balaban J connectivity index is 1.51. The van der Waals surface area contributed by atoms with Crippen LogP contribution in [0.25, 0.3) is 5.95 Å². The van der Waals surface area contributed by atoms with E-state index in [4.69, 9.17) is 0 Å². The van der Waals surface area contributed by atoms with Gasteiger partial charge in [-0.2, -0.15) is 13.2 Å². The second-order valence-electron chi connectivity index (χ2n) is 7.18. The molecule has 2 aromatic heterocycles. The van der Waals surface area contributed by atoms with Crippen LogP contribution in [0.15, 0.2) is 18.7 Å². The number of carbonyl (C=O) groups is 1. The van der Waals surface area contributed by atoms with Gasteiger partial charge in [0, 0.05) is 29.7 Å². The predicted molar refractivity (Wildman–Crippen MR) is 90.4 cm³/mol. The number of halogens is 3. The Hall–Kier alpha value is -2.45. The highest BCUT2D eigenvalue weighted by Gasteiger charge is 2.41. The topological polar surface area (TPSA) is 72.7 Å². The van der Waals surface area contributed by atoms with Crippen LogP contribution in [0.3, 0.4) is 0 Å². The van der Waals surface area contributed by atoms with Crippen molar-refractivity contribution in [3.05, 3.63) is 35.7 Å². The number of nitrogens with zero attached hydrogens (tertiary/aromatic N) is 4. The van der Waals surface area contributed by atoms with Crippen molar-refractivity contribution >= 4 is 5.91 Å². The highest BCUT2D eigenvalue weighted by Crippen LogP contribution is 2.37. The molecule has 27 heavy (non-hydrogen) atoms. The molecule has 144 valence electrons. The smallest absolute Gasteiger partial charge is 0.348 e. The molecule has 1 saturated carbocycles. The third-order valence-electron chi connectivity index (χ3n) is 5.40. The molecule has 2 aliphatic rings. The first-order valence-corrected chi connectivity index (χ1v) is 9.17. The first-order valence-electron chi connectivity index (χ1n) is 9.17. The molecule has 1 amide bonds. The fourth-order valence-corrected chi connectivity index (χ4v) is 3.92. The first kappa shape index (κ1) is 17.9. The second-order valence-corrected chi connectivity index (χ2v) is 7.18. The van der Waals surface area contributed by atoms with Gasteiger partial charge in [-0.1, -0.05) is 0 Å². The van der Waals surface area contributed by atoms with Crippen LogP contribution in [0.4, 0.5) is 13.2 Å². The van der Waals surface area contributed by atoms with Gasteiger partial charge < -0.3 is 5.32 Å². The minimum atomic E-state index is -4.15. The molecule has 0 saturated heterocycles. The largest absolute Gasteiger partial charge is 0.391 e. The van der Waals surface area contributed by atoms with Crippen molar-refractivity contribution in [1.29, 1.82) is 0 Å². The van der Waals surface area contributed by atoms with E-state index in [1.54, 1.807) is 23.3 Å². The summed E-state index contributed by atoms with van der Waals surface area (Å²) in [7, 11) is 0. The van der Waals surface area contributed by atoms with E-state index in [2.05, 4.69) is 20.3 Å². The molecule has 0 aromatic carbocycles. The molecule has 0 spiro atoms. The molecule has 0 radical (unpaired) electrons. The van der Waals surface area contributed by atoms with E-state index in [9.17, 15) is 18.0 Å². The van der Waals surface area contributed by atoms with E-state index in [0.29, 0.717) is 24.5 Å². The molecule has 0 bridgehead atoms. The van der Waals surface area contributed by atoms with Gasteiger partial charge in [0.1, 0.15) is 12.0 Å². The Morgan fingerprint density at radius 2 is 1.93 bits per heavy atom. The van der Waals surface area contributed by atoms with Crippen LogP contribution in [0.1, 0.15) is 53.8 Å². The van der Waals surface area contributed by atoms with Crippen LogP contribution < -0.4 is 5.32 Å². The van der Waals surface area contributed by atoms with Crippen molar-refractivity contribution in [2.24, 2.45) is 5.92 Å². The quantitative estimate of drug-likeness (QED) is 0.890. The minimum Gasteiger partial charge on any atom is -0.348 e. The number of alkyl halides is 3. The van der Waals surface area contributed by atoms with Gasteiger partial charge in [-0.05, 0) is 44.9 Å². The Morgan fingerprint density at radius 1 is 1.15 bits per heavy atom.